The maximum Gasteiger partial charge on any atom is 0.203 e. The molecule has 1 N–H and O–H groups in total. The lowest BCUT2D eigenvalue weighted by atomic mass is 9.78. The van der Waals surface area contributed by atoms with E-state index in [1.54, 1.807) is 21.3 Å². The van der Waals surface area contributed by atoms with Crippen LogP contribution in [0.2, 0.25) is 0 Å². The number of hydrogen-bond acceptors (Lipinski definition) is 6. The zero-order valence-corrected chi connectivity index (χ0v) is 13.8. The van der Waals surface area contributed by atoms with Crippen molar-refractivity contribution < 1.29 is 14.2 Å². The van der Waals surface area contributed by atoms with Crippen LogP contribution in [0, 0.1) is 5.92 Å². The molecular weight excluding hydrogens is 294 g/mol. The molecule has 0 radical (unpaired) electrons. The molecule has 3 saturated heterocycles. The first-order valence-corrected chi connectivity index (χ1v) is 8.13. The molecule has 2 atom stereocenters. The van der Waals surface area contributed by atoms with Gasteiger partial charge in [-0.2, -0.15) is 5.10 Å². The molecule has 124 valence electrons. The van der Waals surface area contributed by atoms with Crippen LogP contribution < -0.4 is 19.6 Å². The number of nitrogens with zero attached hydrogens (tertiary/aromatic N) is 2. The third kappa shape index (κ3) is 2.16. The number of nitrogens with one attached hydrogen (secondary N) is 1. The molecule has 2 unspecified atom stereocenters. The lowest BCUT2D eigenvalue weighted by molar-refractivity contribution is 0.133. The molecule has 0 amide bonds. The van der Waals surface area contributed by atoms with Gasteiger partial charge in [-0.1, -0.05) is 0 Å². The molecule has 6 nitrogen and oxygen atoms in total. The molecule has 1 aromatic rings. The summed E-state index contributed by atoms with van der Waals surface area (Å²) in [7, 11) is 4.93. The molecule has 0 saturated carbocycles. The Morgan fingerprint density at radius 3 is 2.26 bits per heavy atom. The van der Waals surface area contributed by atoms with Gasteiger partial charge in [0.15, 0.2) is 11.5 Å². The molecule has 23 heavy (non-hydrogen) atoms. The zero-order valence-electron chi connectivity index (χ0n) is 13.8. The normalized spacial score (nSPS) is 31.2. The van der Waals surface area contributed by atoms with Crippen LogP contribution in [-0.2, 0) is 0 Å². The summed E-state index contributed by atoms with van der Waals surface area (Å²) in [6.07, 6.45) is 2.47. The van der Waals surface area contributed by atoms with Gasteiger partial charge in [0.05, 0.1) is 39.1 Å². The van der Waals surface area contributed by atoms with Crippen molar-refractivity contribution in [2.24, 2.45) is 11.0 Å². The minimum atomic E-state index is 0.141. The Balaban J connectivity index is 1.71. The van der Waals surface area contributed by atoms with Crippen LogP contribution in [-0.4, -0.2) is 51.1 Å². The van der Waals surface area contributed by atoms with Crippen molar-refractivity contribution in [2.75, 3.05) is 34.4 Å². The Morgan fingerprint density at radius 2 is 1.70 bits per heavy atom. The smallest absolute Gasteiger partial charge is 0.203 e. The number of benzene rings is 1. The van der Waals surface area contributed by atoms with Gasteiger partial charge in [0.1, 0.15) is 0 Å². The van der Waals surface area contributed by atoms with Gasteiger partial charge >= 0.3 is 0 Å². The number of fused-ring (bicyclic) bond motifs is 2. The number of rotatable bonds is 4. The van der Waals surface area contributed by atoms with Crippen molar-refractivity contribution in [3.05, 3.63) is 17.7 Å². The van der Waals surface area contributed by atoms with E-state index in [-0.39, 0.29) is 6.04 Å². The summed E-state index contributed by atoms with van der Waals surface area (Å²) >= 11 is 0. The summed E-state index contributed by atoms with van der Waals surface area (Å²) in [4.78, 5) is 2.55. The minimum absolute atomic E-state index is 0.141. The maximum atomic E-state index is 5.49. The Labute approximate surface area is 136 Å². The Morgan fingerprint density at radius 1 is 1.04 bits per heavy atom. The number of hydrazone groups is 1. The second-order valence-corrected chi connectivity index (χ2v) is 6.36. The fourth-order valence-corrected chi connectivity index (χ4v) is 4.19. The predicted octanol–water partition coefficient (Wildman–Crippen LogP) is 1.81. The van der Waals surface area contributed by atoms with Crippen LogP contribution in [0.4, 0.5) is 0 Å². The molecule has 2 bridgehead atoms. The van der Waals surface area contributed by atoms with E-state index in [9.17, 15) is 0 Å². The molecule has 0 aromatic heterocycles. The largest absolute Gasteiger partial charge is 0.493 e. The SMILES string of the molecule is COc1cc(C2NN=C3C4CCN(CC4)C32)cc(OC)c1OC. The topological polar surface area (TPSA) is 55.3 Å². The number of methoxy groups -OCH3 is 3. The summed E-state index contributed by atoms with van der Waals surface area (Å²) in [5.74, 6) is 2.65. The van der Waals surface area contributed by atoms with Crippen molar-refractivity contribution in [3.63, 3.8) is 0 Å². The molecule has 1 aromatic carbocycles. The highest BCUT2D eigenvalue weighted by atomic mass is 16.5. The summed E-state index contributed by atoms with van der Waals surface area (Å²) in [5.41, 5.74) is 5.79. The molecule has 0 spiro atoms. The van der Waals surface area contributed by atoms with Gasteiger partial charge in [0, 0.05) is 5.92 Å². The van der Waals surface area contributed by atoms with Gasteiger partial charge in [-0.25, -0.2) is 0 Å². The molecule has 4 aliphatic heterocycles. The first kappa shape index (κ1) is 14.6. The van der Waals surface area contributed by atoms with E-state index in [0.29, 0.717) is 29.2 Å². The van der Waals surface area contributed by atoms with Crippen LogP contribution in [0.15, 0.2) is 17.2 Å². The Kier molecular flexibility index (Phi) is 3.56. The number of hydrogen-bond donors (Lipinski definition) is 1. The average Bonchev–Trinajstić information content (AvgIpc) is 3.08. The summed E-state index contributed by atoms with van der Waals surface area (Å²) in [6, 6.07) is 4.55. The Hall–Kier alpha value is -1.95. The number of ether oxygens (including phenoxy) is 3. The second kappa shape index (κ2) is 5.60. The molecule has 5 rings (SSSR count). The summed E-state index contributed by atoms with van der Waals surface area (Å²) < 4.78 is 16.4. The van der Waals surface area contributed by atoms with Crippen molar-refractivity contribution >= 4 is 5.71 Å². The molecule has 6 heteroatoms. The monoisotopic (exact) mass is 317 g/mol. The highest BCUT2D eigenvalue weighted by molar-refractivity contribution is 5.95. The first-order chi connectivity index (χ1) is 11.3. The fourth-order valence-electron chi connectivity index (χ4n) is 4.19. The third-order valence-corrected chi connectivity index (χ3v) is 5.34. The van der Waals surface area contributed by atoms with Gasteiger partial charge in [-0.3, -0.25) is 4.90 Å². The molecule has 4 heterocycles. The fraction of sp³-hybridized carbons (Fsp3) is 0.588. The average molecular weight is 317 g/mol. The van der Waals surface area contributed by atoms with Crippen molar-refractivity contribution in [2.45, 2.75) is 24.9 Å². The van der Waals surface area contributed by atoms with E-state index in [1.807, 2.05) is 12.1 Å². The quantitative estimate of drug-likeness (QED) is 0.918. The van der Waals surface area contributed by atoms with Gasteiger partial charge in [0.25, 0.3) is 0 Å². The standard InChI is InChI=1S/C17H23N3O3/c1-21-12-8-11(9-13(22-2)17(12)23-3)15-16-14(18-19-15)10-4-6-20(16)7-5-10/h8-10,15-16,19H,4-7H2,1-3H3. The molecule has 4 aliphatic rings. The lowest BCUT2D eigenvalue weighted by Crippen LogP contribution is -2.56. The second-order valence-electron chi connectivity index (χ2n) is 6.36. The minimum Gasteiger partial charge on any atom is -0.493 e. The van der Waals surface area contributed by atoms with Crippen LogP contribution in [0.25, 0.3) is 0 Å². The van der Waals surface area contributed by atoms with Crippen molar-refractivity contribution in [1.29, 1.82) is 0 Å². The van der Waals surface area contributed by atoms with E-state index in [4.69, 9.17) is 14.2 Å². The number of piperidine rings is 3. The van der Waals surface area contributed by atoms with E-state index in [0.717, 1.165) is 18.7 Å². The van der Waals surface area contributed by atoms with Gasteiger partial charge < -0.3 is 19.6 Å². The third-order valence-electron chi connectivity index (χ3n) is 5.34. The predicted molar refractivity (Wildman–Crippen MR) is 87.5 cm³/mol. The maximum absolute atomic E-state index is 5.49. The van der Waals surface area contributed by atoms with Gasteiger partial charge in [-0.15, -0.1) is 0 Å². The van der Waals surface area contributed by atoms with Crippen LogP contribution in [0.5, 0.6) is 17.2 Å². The molecular formula is C17H23N3O3. The van der Waals surface area contributed by atoms with E-state index < -0.39 is 0 Å². The van der Waals surface area contributed by atoms with Gasteiger partial charge in [-0.05, 0) is 43.6 Å². The van der Waals surface area contributed by atoms with E-state index >= 15 is 0 Å². The highest BCUT2D eigenvalue weighted by Crippen LogP contribution is 2.44. The summed E-state index contributed by atoms with van der Waals surface area (Å²) in [5, 5.41) is 4.66. The van der Waals surface area contributed by atoms with Crippen LogP contribution in [0.3, 0.4) is 0 Å². The zero-order chi connectivity index (χ0) is 16.0. The van der Waals surface area contributed by atoms with Crippen molar-refractivity contribution in [3.8, 4) is 17.2 Å². The van der Waals surface area contributed by atoms with Gasteiger partial charge in [0.2, 0.25) is 5.75 Å². The van der Waals surface area contributed by atoms with Crippen LogP contribution >= 0.6 is 0 Å². The van der Waals surface area contributed by atoms with Crippen LogP contribution in [0.1, 0.15) is 24.4 Å². The Bertz CT molecular complexity index is 613. The van der Waals surface area contributed by atoms with E-state index in [1.165, 1.54) is 18.6 Å². The molecule has 3 fully saturated rings. The van der Waals surface area contributed by atoms with E-state index in [2.05, 4.69) is 15.4 Å². The highest BCUT2D eigenvalue weighted by Gasteiger charge is 2.47. The molecule has 0 aliphatic carbocycles. The first-order valence-electron chi connectivity index (χ1n) is 8.13. The summed E-state index contributed by atoms with van der Waals surface area (Å²) in [6.45, 7) is 2.33. The van der Waals surface area contributed by atoms with Crippen molar-refractivity contribution in [1.82, 2.24) is 10.3 Å². The lowest BCUT2D eigenvalue weighted by Gasteiger charge is -2.45.